The molecule has 0 spiro atoms. The maximum absolute atomic E-state index is 12.1. The van der Waals surface area contributed by atoms with Crippen LogP contribution >= 0.6 is 15.9 Å². The Bertz CT molecular complexity index is 898. The van der Waals surface area contributed by atoms with Crippen LogP contribution in [-0.2, 0) is 17.9 Å². The summed E-state index contributed by atoms with van der Waals surface area (Å²) in [5.41, 5.74) is 1.84. The highest BCUT2D eigenvalue weighted by atomic mass is 79.9. The number of tetrazole rings is 1. The van der Waals surface area contributed by atoms with Gasteiger partial charge in [0.1, 0.15) is 5.75 Å². The van der Waals surface area contributed by atoms with E-state index in [9.17, 15) is 4.79 Å². The normalized spacial score (nSPS) is 10.6. The lowest BCUT2D eigenvalue weighted by Gasteiger charge is -2.10. The fourth-order valence-electron chi connectivity index (χ4n) is 2.59. The highest BCUT2D eigenvalue weighted by Crippen LogP contribution is 2.22. The largest absolute Gasteiger partial charge is 0.496 e. The number of nitrogens with one attached hydrogen (secondary N) is 1. The zero-order valence-corrected chi connectivity index (χ0v) is 16.5. The van der Waals surface area contributed by atoms with Crippen LogP contribution in [0.3, 0.4) is 0 Å². The molecule has 1 heterocycles. The number of benzene rings is 2. The summed E-state index contributed by atoms with van der Waals surface area (Å²) in [5, 5.41) is 15.3. The van der Waals surface area contributed by atoms with Crippen molar-refractivity contribution in [2.24, 2.45) is 0 Å². The van der Waals surface area contributed by atoms with E-state index in [2.05, 4.69) is 36.7 Å². The molecule has 140 valence electrons. The first-order chi connectivity index (χ1) is 13.2. The van der Waals surface area contributed by atoms with Gasteiger partial charge in [-0.05, 0) is 29.8 Å². The Morgan fingerprint density at radius 1 is 1.22 bits per heavy atom. The van der Waals surface area contributed by atoms with E-state index in [-0.39, 0.29) is 5.91 Å². The summed E-state index contributed by atoms with van der Waals surface area (Å²) in [5.74, 6) is 1.31. The summed E-state index contributed by atoms with van der Waals surface area (Å²) in [4.78, 5) is 13.6. The van der Waals surface area contributed by atoms with Gasteiger partial charge in [-0.3, -0.25) is 4.79 Å². The summed E-state index contributed by atoms with van der Waals surface area (Å²) < 4.78 is 6.25. The molecule has 0 unspecified atom stereocenters. The Labute approximate surface area is 165 Å². The maximum Gasteiger partial charge on any atom is 0.220 e. The molecule has 8 heteroatoms. The number of hydrogen-bond donors (Lipinski definition) is 1. The number of hydrogen-bond acceptors (Lipinski definition) is 5. The average Bonchev–Trinajstić information content (AvgIpc) is 3.16. The molecule has 27 heavy (non-hydrogen) atoms. The molecule has 0 atom stereocenters. The van der Waals surface area contributed by atoms with E-state index >= 15 is 0 Å². The number of amides is 1. The number of carbonyl (C=O) groups excluding carboxylic acids is 1. The lowest BCUT2D eigenvalue weighted by molar-refractivity contribution is -0.121. The number of carbonyl (C=O) groups is 1. The lowest BCUT2D eigenvalue weighted by Crippen LogP contribution is -2.23. The van der Waals surface area contributed by atoms with Gasteiger partial charge in [0.25, 0.3) is 0 Å². The van der Waals surface area contributed by atoms with Crippen molar-refractivity contribution < 1.29 is 9.53 Å². The van der Waals surface area contributed by atoms with Crippen molar-refractivity contribution in [3.63, 3.8) is 0 Å². The van der Waals surface area contributed by atoms with Crippen molar-refractivity contribution in [1.82, 2.24) is 25.5 Å². The molecule has 2 aromatic carbocycles. The van der Waals surface area contributed by atoms with Crippen molar-refractivity contribution in [1.29, 1.82) is 0 Å². The van der Waals surface area contributed by atoms with E-state index in [1.807, 2.05) is 48.5 Å². The van der Waals surface area contributed by atoms with E-state index in [0.717, 1.165) is 21.3 Å². The van der Waals surface area contributed by atoms with E-state index in [1.165, 1.54) is 4.80 Å². The van der Waals surface area contributed by atoms with Gasteiger partial charge in [0, 0.05) is 28.6 Å². The molecular formula is C19H20BrN5O2. The van der Waals surface area contributed by atoms with Crippen molar-refractivity contribution in [2.45, 2.75) is 25.9 Å². The molecule has 3 rings (SSSR count). The second kappa shape index (κ2) is 9.27. The van der Waals surface area contributed by atoms with Crippen LogP contribution in [0, 0.1) is 0 Å². The predicted molar refractivity (Wildman–Crippen MR) is 105 cm³/mol. The highest BCUT2D eigenvalue weighted by Gasteiger charge is 2.08. The second-order valence-corrected chi connectivity index (χ2v) is 6.83. The Balaban J connectivity index is 1.45. The van der Waals surface area contributed by atoms with E-state index in [4.69, 9.17) is 4.74 Å². The highest BCUT2D eigenvalue weighted by molar-refractivity contribution is 9.10. The van der Waals surface area contributed by atoms with Gasteiger partial charge in [0.2, 0.25) is 11.7 Å². The van der Waals surface area contributed by atoms with Gasteiger partial charge in [-0.25, -0.2) is 0 Å². The number of aromatic nitrogens is 4. The minimum Gasteiger partial charge on any atom is -0.496 e. The van der Waals surface area contributed by atoms with Gasteiger partial charge in [-0.2, -0.15) is 4.80 Å². The van der Waals surface area contributed by atoms with Crippen molar-refractivity contribution >= 4 is 21.8 Å². The number of nitrogens with zero attached hydrogens (tertiary/aromatic N) is 4. The summed E-state index contributed by atoms with van der Waals surface area (Å²) in [6, 6.07) is 15.4. The second-order valence-electron chi connectivity index (χ2n) is 5.91. The van der Waals surface area contributed by atoms with E-state index < -0.39 is 0 Å². The summed E-state index contributed by atoms with van der Waals surface area (Å²) in [6.45, 7) is 0.953. The molecule has 0 bridgehead atoms. The standard InChI is InChI=1S/C19H20BrN5O2/c1-27-17-10-9-16(20)12-15(17)13-21-18(26)8-5-11-25-23-19(22-24-25)14-6-3-2-4-7-14/h2-4,6-7,9-10,12H,5,8,11,13H2,1H3,(H,21,26). The Morgan fingerprint density at radius 3 is 2.81 bits per heavy atom. The van der Waals surface area contributed by atoms with Crippen LogP contribution in [0.5, 0.6) is 5.75 Å². The fraction of sp³-hybridized carbons (Fsp3) is 0.263. The van der Waals surface area contributed by atoms with Gasteiger partial charge in [-0.1, -0.05) is 46.3 Å². The molecular weight excluding hydrogens is 410 g/mol. The molecule has 1 aromatic heterocycles. The minimum absolute atomic E-state index is 0.0274. The van der Waals surface area contributed by atoms with Gasteiger partial charge in [-0.15, -0.1) is 10.2 Å². The molecule has 0 aliphatic carbocycles. The average molecular weight is 430 g/mol. The smallest absolute Gasteiger partial charge is 0.220 e. The van der Waals surface area contributed by atoms with Crippen molar-refractivity contribution in [3.05, 3.63) is 58.6 Å². The zero-order valence-electron chi connectivity index (χ0n) is 14.9. The van der Waals surface area contributed by atoms with Crippen LogP contribution < -0.4 is 10.1 Å². The first kappa shape index (κ1) is 19.0. The van der Waals surface area contributed by atoms with Crippen molar-refractivity contribution in [3.8, 4) is 17.1 Å². The first-order valence-corrected chi connectivity index (χ1v) is 9.37. The third-order valence-electron chi connectivity index (χ3n) is 3.97. The zero-order chi connectivity index (χ0) is 19.1. The SMILES string of the molecule is COc1ccc(Br)cc1CNC(=O)CCCn1nnc(-c2ccccc2)n1. The topological polar surface area (TPSA) is 81.9 Å². The summed E-state index contributed by atoms with van der Waals surface area (Å²) >= 11 is 3.43. The molecule has 1 amide bonds. The number of halogens is 1. The summed E-state index contributed by atoms with van der Waals surface area (Å²) in [6.07, 6.45) is 1.02. The van der Waals surface area contributed by atoms with Gasteiger partial charge in [0.15, 0.2) is 0 Å². The molecule has 7 nitrogen and oxygen atoms in total. The Kier molecular flexibility index (Phi) is 6.54. The third-order valence-corrected chi connectivity index (χ3v) is 4.46. The molecule has 0 saturated carbocycles. The van der Waals surface area contributed by atoms with Crippen LogP contribution in [-0.4, -0.2) is 33.2 Å². The van der Waals surface area contributed by atoms with Crippen LogP contribution in [0.1, 0.15) is 18.4 Å². The monoisotopic (exact) mass is 429 g/mol. The van der Waals surface area contributed by atoms with Gasteiger partial charge < -0.3 is 10.1 Å². The van der Waals surface area contributed by atoms with E-state index in [1.54, 1.807) is 7.11 Å². The molecule has 0 aliphatic rings. The lowest BCUT2D eigenvalue weighted by atomic mass is 10.2. The summed E-state index contributed by atoms with van der Waals surface area (Å²) in [7, 11) is 1.61. The van der Waals surface area contributed by atoms with E-state index in [0.29, 0.717) is 31.8 Å². The molecule has 0 fully saturated rings. The number of aryl methyl sites for hydroxylation is 1. The van der Waals surface area contributed by atoms with Crippen LogP contribution in [0.2, 0.25) is 0 Å². The third kappa shape index (κ3) is 5.37. The number of rotatable bonds is 8. The molecule has 3 aromatic rings. The van der Waals surface area contributed by atoms with Crippen molar-refractivity contribution in [2.75, 3.05) is 7.11 Å². The maximum atomic E-state index is 12.1. The first-order valence-electron chi connectivity index (χ1n) is 8.58. The fourth-order valence-corrected chi connectivity index (χ4v) is 3.00. The van der Waals surface area contributed by atoms with Crippen LogP contribution in [0.15, 0.2) is 53.0 Å². The minimum atomic E-state index is -0.0274. The molecule has 0 saturated heterocycles. The van der Waals surface area contributed by atoms with Gasteiger partial charge >= 0.3 is 0 Å². The molecule has 0 aliphatic heterocycles. The van der Waals surface area contributed by atoms with Crippen LogP contribution in [0.25, 0.3) is 11.4 Å². The number of ether oxygens (including phenoxy) is 1. The predicted octanol–water partition coefficient (Wildman–Crippen LogP) is 3.21. The molecule has 0 radical (unpaired) electrons. The van der Waals surface area contributed by atoms with Crippen LogP contribution in [0.4, 0.5) is 0 Å². The Morgan fingerprint density at radius 2 is 2.04 bits per heavy atom. The molecule has 1 N–H and O–H groups in total. The van der Waals surface area contributed by atoms with Gasteiger partial charge in [0.05, 0.1) is 13.7 Å². The quantitative estimate of drug-likeness (QED) is 0.594. The Hall–Kier alpha value is -2.74. The number of methoxy groups -OCH3 is 1.